The third-order valence-corrected chi connectivity index (χ3v) is 8.10. The SMILES string of the molecule is Cc1sc2ncn(CCC(=O)N3CCN(C(c4ccccc4)c4ccccc4)CC3)c(=O)c2c1C. The Morgan fingerprint density at radius 3 is 2.14 bits per heavy atom. The van der Waals surface area contributed by atoms with E-state index in [9.17, 15) is 9.59 Å². The molecule has 180 valence electrons. The molecular formula is C28H30N4O2S. The Morgan fingerprint density at radius 1 is 0.943 bits per heavy atom. The summed E-state index contributed by atoms with van der Waals surface area (Å²) < 4.78 is 1.58. The first-order valence-corrected chi connectivity index (χ1v) is 12.9. The van der Waals surface area contributed by atoms with Crippen LogP contribution >= 0.6 is 11.3 Å². The van der Waals surface area contributed by atoms with Gasteiger partial charge in [0.2, 0.25) is 5.91 Å². The molecule has 0 saturated carbocycles. The second-order valence-corrected chi connectivity index (χ2v) is 10.3. The summed E-state index contributed by atoms with van der Waals surface area (Å²) in [6.45, 7) is 7.31. The maximum atomic E-state index is 13.0. The molecule has 0 spiro atoms. The quantitative estimate of drug-likeness (QED) is 0.405. The van der Waals surface area contributed by atoms with Gasteiger partial charge >= 0.3 is 0 Å². The first-order valence-electron chi connectivity index (χ1n) is 12.1. The average Bonchev–Trinajstić information content (AvgIpc) is 3.19. The van der Waals surface area contributed by atoms with Crippen molar-refractivity contribution >= 4 is 27.5 Å². The average molecular weight is 487 g/mol. The van der Waals surface area contributed by atoms with Gasteiger partial charge in [-0.2, -0.15) is 0 Å². The van der Waals surface area contributed by atoms with Crippen molar-refractivity contribution in [2.24, 2.45) is 0 Å². The number of aromatic nitrogens is 2. The number of hydrogen-bond acceptors (Lipinski definition) is 5. The van der Waals surface area contributed by atoms with Crippen LogP contribution in [0.1, 0.15) is 34.0 Å². The van der Waals surface area contributed by atoms with E-state index in [0.717, 1.165) is 28.4 Å². The normalized spacial score (nSPS) is 14.7. The van der Waals surface area contributed by atoms with Gasteiger partial charge in [-0.25, -0.2) is 4.98 Å². The largest absolute Gasteiger partial charge is 0.340 e. The number of carbonyl (C=O) groups is 1. The lowest BCUT2D eigenvalue weighted by atomic mass is 9.96. The van der Waals surface area contributed by atoms with Crippen LogP contribution in [-0.4, -0.2) is 51.4 Å². The van der Waals surface area contributed by atoms with Gasteiger partial charge in [0.25, 0.3) is 5.56 Å². The molecule has 0 radical (unpaired) electrons. The number of rotatable bonds is 6. The van der Waals surface area contributed by atoms with Crippen LogP contribution in [-0.2, 0) is 11.3 Å². The molecule has 0 N–H and O–H groups in total. The van der Waals surface area contributed by atoms with Crippen molar-refractivity contribution in [2.75, 3.05) is 26.2 Å². The van der Waals surface area contributed by atoms with Gasteiger partial charge in [0, 0.05) is 44.0 Å². The molecule has 0 unspecified atom stereocenters. The Hall–Kier alpha value is -3.29. The Morgan fingerprint density at radius 2 is 1.54 bits per heavy atom. The highest BCUT2D eigenvalue weighted by atomic mass is 32.1. The Balaban J connectivity index is 1.24. The number of carbonyl (C=O) groups excluding carboxylic acids is 1. The first kappa shape index (κ1) is 23.5. The van der Waals surface area contributed by atoms with E-state index in [1.165, 1.54) is 11.1 Å². The summed E-state index contributed by atoms with van der Waals surface area (Å²) in [4.78, 5) is 36.7. The molecule has 1 aliphatic rings. The molecule has 7 heteroatoms. The second-order valence-electron chi connectivity index (χ2n) is 9.10. The zero-order valence-corrected chi connectivity index (χ0v) is 21.0. The van der Waals surface area contributed by atoms with Crippen LogP contribution in [0.4, 0.5) is 0 Å². The van der Waals surface area contributed by atoms with Crippen molar-refractivity contribution in [3.8, 4) is 0 Å². The monoisotopic (exact) mass is 486 g/mol. The van der Waals surface area contributed by atoms with E-state index in [2.05, 4.69) is 58.4 Å². The number of thiophene rings is 1. The molecule has 2 aromatic carbocycles. The third kappa shape index (κ3) is 4.79. The van der Waals surface area contributed by atoms with Crippen molar-refractivity contribution in [3.05, 3.63) is 98.9 Å². The molecule has 35 heavy (non-hydrogen) atoms. The lowest BCUT2D eigenvalue weighted by Crippen LogP contribution is -2.50. The summed E-state index contributed by atoms with van der Waals surface area (Å²) in [6.07, 6.45) is 1.88. The predicted molar refractivity (Wildman–Crippen MR) is 141 cm³/mol. The number of amides is 1. The second kappa shape index (κ2) is 10.1. The van der Waals surface area contributed by atoms with Crippen LogP contribution in [0.3, 0.4) is 0 Å². The lowest BCUT2D eigenvalue weighted by molar-refractivity contribution is -0.133. The van der Waals surface area contributed by atoms with Crippen LogP contribution in [0, 0.1) is 13.8 Å². The maximum Gasteiger partial charge on any atom is 0.262 e. The van der Waals surface area contributed by atoms with Crippen molar-refractivity contribution in [2.45, 2.75) is 32.9 Å². The van der Waals surface area contributed by atoms with Gasteiger partial charge in [-0.1, -0.05) is 60.7 Å². The van der Waals surface area contributed by atoms with Gasteiger partial charge < -0.3 is 4.90 Å². The number of piperazine rings is 1. The highest BCUT2D eigenvalue weighted by Gasteiger charge is 2.28. The van der Waals surface area contributed by atoms with Crippen LogP contribution in [0.5, 0.6) is 0 Å². The van der Waals surface area contributed by atoms with Gasteiger partial charge in [-0.3, -0.25) is 19.1 Å². The molecule has 5 rings (SSSR count). The Kier molecular flexibility index (Phi) is 6.79. The van der Waals surface area contributed by atoms with Crippen molar-refractivity contribution in [3.63, 3.8) is 0 Å². The minimum absolute atomic E-state index is 0.0527. The first-order chi connectivity index (χ1) is 17.0. The Labute approximate surface area is 209 Å². The summed E-state index contributed by atoms with van der Waals surface area (Å²) in [5.74, 6) is 0.0887. The topological polar surface area (TPSA) is 58.4 Å². The zero-order chi connectivity index (χ0) is 24.4. The van der Waals surface area contributed by atoms with Crippen molar-refractivity contribution in [1.82, 2.24) is 19.4 Å². The van der Waals surface area contributed by atoms with E-state index < -0.39 is 0 Å². The number of nitrogens with zero attached hydrogens (tertiary/aromatic N) is 4. The lowest BCUT2D eigenvalue weighted by Gasteiger charge is -2.40. The number of fused-ring (bicyclic) bond motifs is 1. The molecule has 3 heterocycles. The van der Waals surface area contributed by atoms with E-state index in [4.69, 9.17) is 0 Å². The third-order valence-electron chi connectivity index (χ3n) is 6.99. The molecule has 0 aliphatic carbocycles. The molecule has 1 saturated heterocycles. The molecule has 0 bridgehead atoms. The van der Waals surface area contributed by atoms with E-state index in [0.29, 0.717) is 31.4 Å². The molecule has 1 fully saturated rings. The minimum atomic E-state index is -0.0527. The fraction of sp³-hybridized carbons (Fsp3) is 0.321. The van der Waals surface area contributed by atoms with Crippen LogP contribution < -0.4 is 5.56 Å². The summed E-state index contributed by atoms with van der Waals surface area (Å²) in [5.41, 5.74) is 3.47. The van der Waals surface area contributed by atoms with Crippen LogP contribution in [0.15, 0.2) is 71.8 Å². The Bertz CT molecular complexity index is 1330. The zero-order valence-electron chi connectivity index (χ0n) is 20.2. The minimum Gasteiger partial charge on any atom is -0.340 e. The molecular weight excluding hydrogens is 456 g/mol. The standard InChI is InChI=1S/C28H30N4O2S/c1-20-21(2)35-27-25(20)28(34)32(19-29-27)14-13-24(33)30-15-17-31(18-16-30)26(22-9-5-3-6-10-22)23-11-7-4-8-12-23/h3-12,19,26H,13-18H2,1-2H3. The molecule has 1 amide bonds. The summed E-state index contributed by atoms with van der Waals surface area (Å²) in [6, 6.07) is 21.3. The number of aryl methyl sites for hydroxylation is 3. The predicted octanol–water partition coefficient (Wildman–Crippen LogP) is 4.40. The molecule has 6 nitrogen and oxygen atoms in total. The molecule has 2 aromatic heterocycles. The van der Waals surface area contributed by atoms with E-state index in [1.807, 2.05) is 30.9 Å². The molecule has 0 atom stereocenters. The van der Waals surface area contributed by atoms with E-state index >= 15 is 0 Å². The molecule has 4 aromatic rings. The highest BCUT2D eigenvalue weighted by Crippen LogP contribution is 2.29. The fourth-order valence-corrected chi connectivity index (χ4v) is 5.91. The summed E-state index contributed by atoms with van der Waals surface area (Å²) in [5, 5.41) is 0.684. The smallest absolute Gasteiger partial charge is 0.262 e. The highest BCUT2D eigenvalue weighted by molar-refractivity contribution is 7.18. The van der Waals surface area contributed by atoms with Gasteiger partial charge in [-0.15, -0.1) is 11.3 Å². The number of benzene rings is 2. The van der Waals surface area contributed by atoms with Crippen LogP contribution in [0.2, 0.25) is 0 Å². The summed E-state index contributed by atoms with van der Waals surface area (Å²) in [7, 11) is 0. The van der Waals surface area contributed by atoms with E-state index in [-0.39, 0.29) is 17.5 Å². The fourth-order valence-electron chi connectivity index (χ4n) is 4.92. The van der Waals surface area contributed by atoms with Crippen molar-refractivity contribution in [1.29, 1.82) is 0 Å². The van der Waals surface area contributed by atoms with Crippen LogP contribution in [0.25, 0.3) is 10.2 Å². The van der Waals surface area contributed by atoms with Gasteiger partial charge in [0.15, 0.2) is 0 Å². The summed E-state index contributed by atoms with van der Waals surface area (Å²) >= 11 is 1.54. The van der Waals surface area contributed by atoms with Gasteiger partial charge in [-0.05, 0) is 30.5 Å². The van der Waals surface area contributed by atoms with E-state index in [1.54, 1.807) is 22.2 Å². The van der Waals surface area contributed by atoms with Gasteiger partial charge in [0.1, 0.15) is 4.83 Å². The van der Waals surface area contributed by atoms with Crippen molar-refractivity contribution < 1.29 is 4.79 Å². The maximum absolute atomic E-state index is 13.0. The molecule has 1 aliphatic heterocycles. The van der Waals surface area contributed by atoms with Gasteiger partial charge in [0.05, 0.1) is 17.8 Å². The number of hydrogen-bond donors (Lipinski definition) is 0.